The van der Waals surface area contributed by atoms with Gasteiger partial charge in [-0.2, -0.15) is 13.7 Å². The lowest BCUT2D eigenvalue weighted by molar-refractivity contribution is -0.659. The molecule has 8 heteroatoms. The van der Waals surface area contributed by atoms with Gasteiger partial charge in [0.15, 0.2) is 6.20 Å². The highest BCUT2D eigenvalue weighted by Gasteiger charge is 2.46. The van der Waals surface area contributed by atoms with Crippen molar-refractivity contribution in [3.63, 3.8) is 0 Å². The molecule has 0 aliphatic heterocycles. The van der Waals surface area contributed by atoms with Crippen molar-refractivity contribution in [2.24, 2.45) is 40.0 Å². The number of nitrogens with zero attached hydrogens (tertiary/aromatic N) is 8. The van der Waals surface area contributed by atoms with Crippen LogP contribution in [0.25, 0.3) is 133 Å². The van der Waals surface area contributed by atoms with E-state index in [1.165, 1.54) is 217 Å². The second-order valence-corrected chi connectivity index (χ2v) is 38.3. The Hall–Kier alpha value is -12.0. The summed E-state index contributed by atoms with van der Waals surface area (Å²) in [5.74, 6) is 1.29. The van der Waals surface area contributed by atoms with Crippen LogP contribution in [0.4, 0.5) is 0 Å². The lowest BCUT2D eigenvalue weighted by Crippen LogP contribution is -2.33. The minimum atomic E-state index is -0.139. The van der Waals surface area contributed by atoms with E-state index in [0.29, 0.717) is 11.8 Å². The van der Waals surface area contributed by atoms with Crippen LogP contribution in [0.2, 0.25) is 0 Å². The normalized spacial score (nSPS) is 14.1. The van der Waals surface area contributed by atoms with Crippen LogP contribution >= 0.6 is 0 Å². The monoisotopic (exact) mass is 1590 g/mol. The third-order valence-corrected chi connectivity index (χ3v) is 27.1. The molecule has 0 amide bonds. The molecule has 0 bridgehead atoms. The van der Waals surface area contributed by atoms with Crippen LogP contribution in [0.15, 0.2) is 225 Å². The fraction of sp³-hybridized carbons (Fsp3) is 0.292. The van der Waals surface area contributed by atoms with Crippen LogP contribution in [0.3, 0.4) is 0 Å². The zero-order valence-corrected chi connectivity index (χ0v) is 76.0. The lowest BCUT2D eigenvalue weighted by Gasteiger charge is -2.24. The van der Waals surface area contributed by atoms with E-state index in [0.717, 1.165) is 35.6 Å². The maximum Gasteiger partial charge on any atom is 0.220 e. The van der Waals surface area contributed by atoms with Gasteiger partial charge in [0, 0.05) is 125 Å². The molecule has 4 aliphatic rings. The molecule has 4 aliphatic carbocycles. The summed E-state index contributed by atoms with van der Waals surface area (Å²) < 4.78 is 9.39. The van der Waals surface area contributed by atoms with Crippen molar-refractivity contribution in [1.82, 2.24) is 19.9 Å². The van der Waals surface area contributed by atoms with Crippen LogP contribution in [0.5, 0.6) is 0 Å². The van der Waals surface area contributed by atoms with Crippen molar-refractivity contribution >= 4 is 43.5 Å². The number of rotatable bonds is 8. The van der Waals surface area contributed by atoms with Crippen LogP contribution in [0.1, 0.15) is 190 Å². The Morgan fingerprint density at radius 3 is 1.09 bits per heavy atom. The van der Waals surface area contributed by atoms with Crippen molar-refractivity contribution in [3.05, 3.63) is 331 Å². The highest BCUT2D eigenvalue weighted by Crippen LogP contribution is 2.57. The minimum absolute atomic E-state index is 0.132. The fourth-order valence-corrected chi connectivity index (χ4v) is 21.2. The quantitative estimate of drug-likeness (QED) is 0.142. The van der Waals surface area contributed by atoms with Crippen LogP contribution in [0, 0.1) is 74.1 Å². The Balaban J connectivity index is 0.000000115. The SMILES string of the molecule is Cc1ccc2c(n1)C(C)(C)c1c-2ccc(C)c1-c1c2ccccc2cc[n+]1C.Cc1ccc2c(n1)C(C)(C)c1c-2ccc(C)c1-c1ccc2c(C)cccc2[n+]1C.Cc1ccc2c(n1)C(C)(C)c1c-2ccc(C)c1-c1ccc2c(CC(C)C)cccc2[n+]1C.Cc1ccc2c(n1)C(C)(C)c1c-2ccc(C)c1-c1ccc2ccc(CC(C)C)cc2[n+]1C. The van der Waals surface area contributed by atoms with Gasteiger partial charge in [-0.15, -0.1) is 0 Å². The van der Waals surface area contributed by atoms with Gasteiger partial charge in [-0.25, -0.2) is 4.57 Å². The van der Waals surface area contributed by atoms with E-state index < -0.39 is 0 Å². The summed E-state index contributed by atoms with van der Waals surface area (Å²) in [6.45, 7) is 47.2. The third-order valence-electron chi connectivity index (χ3n) is 27.1. The fourth-order valence-electron chi connectivity index (χ4n) is 21.2. The second-order valence-electron chi connectivity index (χ2n) is 38.3. The Morgan fingerprint density at radius 1 is 0.289 bits per heavy atom. The van der Waals surface area contributed by atoms with Gasteiger partial charge in [0.25, 0.3) is 0 Å². The van der Waals surface area contributed by atoms with E-state index in [2.05, 4.69) is 416 Å². The molecule has 16 aromatic rings. The molecule has 8 nitrogen and oxygen atoms in total. The summed E-state index contributed by atoms with van der Waals surface area (Å²) in [6, 6.07) is 80.6. The summed E-state index contributed by atoms with van der Waals surface area (Å²) in [6.07, 6.45) is 4.38. The standard InChI is InChI=1S/2C30H33N2.C27H27N2.C26H25N2/c1-18(2)16-21-10-11-22-12-15-25(32(7)26(22)17-21)27-19(3)8-13-23-24-14-9-20(4)31-29(24)30(5,6)28(23)27;1-18(2)17-21-9-8-10-25-22(21)15-16-26(32(25)7)27-19(3)11-13-23-24-14-12-20(4)31-29(24)30(5,6)28(23)27;1-16-8-7-9-22-19(16)14-15-23(29(22)6)24-17(2)10-12-20-21-13-11-18(3)28-26(21)27(4,5)25(20)24;1-16-10-12-20-21-13-11-17(2)27-25(21)26(3,4)23(20)22(16)24-19-9-7-6-8-18(19)14-15-28(24)5/h8-15,17-18H,16H2,1-7H3;8-16,18H,17H2,1-7H3;7-15H,1-6H3;6-15H,1-5H3/q4*+1. The molecule has 0 saturated carbocycles. The predicted octanol–water partition coefficient (Wildman–Crippen LogP) is 25.3. The Bertz CT molecular complexity index is 6870. The molecular weight excluding hydrogens is 1470 g/mol. The first-order valence-electron chi connectivity index (χ1n) is 43.7. The largest absolute Gasteiger partial charge is 0.257 e. The van der Waals surface area contributed by atoms with Crippen molar-refractivity contribution in [2.75, 3.05) is 0 Å². The smallest absolute Gasteiger partial charge is 0.220 e. The number of benzene rings is 8. The highest BCUT2D eigenvalue weighted by molar-refractivity contribution is 5.99. The molecule has 8 heterocycles. The van der Waals surface area contributed by atoms with Gasteiger partial charge in [-0.3, -0.25) is 19.9 Å². The van der Waals surface area contributed by atoms with Crippen molar-refractivity contribution < 1.29 is 18.3 Å². The maximum absolute atomic E-state index is 4.99. The van der Waals surface area contributed by atoms with Crippen molar-refractivity contribution in [1.29, 1.82) is 0 Å². The average Bonchev–Trinajstić information content (AvgIpc) is 1.58. The lowest BCUT2D eigenvalue weighted by atomic mass is 9.79. The predicted molar refractivity (Wildman–Crippen MR) is 503 cm³/mol. The number of hydrogen-bond acceptors (Lipinski definition) is 4. The van der Waals surface area contributed by atoms with Crippen LogP contribution in [-0.2, 0) is 62.7 Å². The summed E-state index contributed by atoms with van der Waals surface area (Å²) in [5, 5.41) is 6.52. The molecule has 0 fully saturated rings. The first-order valence-corrected chi connectivity index (χ1v) is 43.7. The summed E-state index contributed by atoms with van der Waals surface area (Å²) >= 11 is 0. The molecule has 0 radical (unpaired) electrons. The van der Waals surface area contributed by atoms with Gasteiger partial charge in [0.1, 0.15) is 28.2 Å². The summed E-state index contributed by atoms with van der Waals surface area (Å²) in [7, 11) is 8.77. The van der Waals surface area contributed by atoms with Gasteiger partial charge in [-0.1, -0.05) is 204 Å². The number of aryl methyl sites for hydroxylation is 13. The van der Waals surface area contributed by atoms with E-state index in [1.807, 2.05) is 0 Å². The molecule has 0 N–H and O–H groups in total. The number of fused-ring (bicyclic) bond motifs is 16. The van der Waals surface area contributed by atoms with E-state index in [9.17, 15) is 0 Å². The average molecular weight is 1590 g/mol. The van der Waals surface area contributed by atoms with Gasteiger partial charge in [0.2, 0.25) is 39.3 Å². The second kappa shape index (κ2) is 30.3. The van der Waals surface area contributed by atoms with Crippen molar-refractivity contribution in [2.45, 2.75) is 180 Å². The molecule has 8 aromatic carbocycles. The Morgan fingerprint density at radius 2 is 0.653 bits per heavy atom. The maximum atomic E-state index is 4.99. The van der Waals surface area contributed by atoms with Gasteiger partial charge in [0.05, 0.1) is 50.4 Å². The Kier molecular flexibility index (Phi) is 20.4. The van der Waals surface area contributed by atoms with E-state index in [1.54, 1.807) is 0 Å². The van der Waals surface area contributed by atoms with E-state index in [-0.39, 0.29) is 21.7 Å². The number of hydrogen-bond donors (Lipinski definition) is 0. The third kappa shape index (κ3) is 13.5. The minimum Gasteiger partial charge on any atom is -0.257 e. The molecule has 0 atom stereocenters. The molecule has 8 aromatic heterocycles. The van der Waals surface area contributed by atoms with Crippen LogP contribution < -0.4 is 18.3 Å². The summed E-state index contributed by atoms with van der Waals surface area (Å²) in [4.78, 5) is 19.9. The van der Waals surface area contributed by atoms with Crippen molar-refractivity contribution in [3.8, 4) is 89.5 Å². The molecular formula is C113H118N8+4. The molecule has 121 heavy (non-hydrogen) atoms. The summed E-state index contributed by atoms with van der Waals surface area (Å²) in [5.41, 5.74) is 48.2. The molecule has 606 valence electrons. The Labute approximate surface area is 717 Å². The van der Waals surface area contributed by atoms with Gasteiger partial charge >= 0.3 is 0 Å². The molecule has 0 spiro atoms. The molecule has 0 unspecified atom stereocenters. The molecule has 20 rings (SSSR count). The highest BCUT2D eigenvalue weighted by atomic mass is 15.0. The molecule has 0 saturated heterocycles. The first kappa shape index (κ1) is 81.4. The zero-order valence-electron chi connectivity index (χ0n) is 76.0. The van der Waals surface area contributed by atoms with Gasteiger partial charge < -0.3 is 0 Å². The van der Waals surface area contributed by atoms with E-state index >= 15 is 0 Å². The first-order chi connectivity index (χ1) is 57.6. The topological polar surface area (TPSA) is 67.1 Å². The zero-order chi connectivity index (χ0) is 85.7. The number of aromatic nitrogens is 8. The van der Waals surface area contributed by atoms with E-state index in [4.69, 9.17) is 19.9 Å². The van der Waals surface area contributed by atoms with Gasteiger partial charge in [-0.05, 0) is 230 Å². The number of pyridine rings is 8. The van der Waals surface area contributed by atoms with Crippen LogP contribution in [-0.4, -0.2) is 19.9 Å².